The molecule has 17 nitrogen and oxygen atoms in total. The monoisotopic (exact) mass is 1400 g/mol. The third kappa shape index (κ3) is 69.0. The number of unbranched alkanes of at least 4 members (excludes halogenated alkanes) is 47. The van der Waals surface area contributed by atoms with Crippen LogP contribution in [0.25, 0.3) is 0 Å². The zero-order chi connectivity index (χ0) is 69.8. The highest BCUT2D eigenvalue weighted by Crippen LogP contribution is 2.45. The Balaban J connectivity index is 5.25. The van der Waals surface area contributed by atoms with E-state index in [2.05, 4.69) is 34.6 Å². The van der Waals surface area contributed by atoms with E-state index in [0.717, 1.165) is 95.8 Å². The lowest BCUT2D eigenvalue weighted by Gasteiger charge is -2.21. The number of esters is 4. The molecule has 3 N–H and O–H groups in total. The van der Waals surface area contributed by atoms with Crippen molar-refractivity contribution in [2.75, 3.05) is 39.6 Å². The minimum Gasteiger partial charge on any atom is -0.462 e. The maximum absolute atomic E-state index is 13.1. The summed E-state index contributed by atoms with van der Waals surface area (Å²) in [4.78, 5) is 72.8. The summed E-state index contributed by atoms with van der Waals surface area (Å²) in [6, 6.07) is 0. The molecule has 6 atom stereocenters. The van der Waals surface area contributed by atoms with Crippen molar-refractivity contribution in [1.82, 2.24) is 0 Å². The molecule has 3 unspecified atom stereocenters. The first-order valence-electron chi connectivity index (χ1n) is 39.7. The molecule has 0 aromatic rings. The Labute approximate surface area is 581 Å². The molecule has 95 heavy (non-hydrogen) atoms. The highest BCUT2D eigenvalue weighted by Gasteiger charge is 2.30. The lowest BCUT2D eigenvalue weighted by Crippen LogP contribution is -2.30. The fourth-order valence-corrected chi connectivity index (χ4v) is 13.3. The summed E-state index contributed by atoms with van der Waals surface area (Å²) < 4.78 is 68.6. The molecule has 0 aliphatic heterocycles. The number of aliphatic hydroxyl groups excluding tert-OH is 1. The predicted octanol–water partition coefficient (Wildman–Crippen LogP) is 22.5. The Hall–Kier alpha value is -1.94. The smallest absolute Gasteiger partial charge is 0.462 e. The maximum Gasteiger partial charge on any atom is 0.472 e. The van der Waals surface area contributed by atoms with Gasteiger partial charge in [-0.2, -0.15) is 0 Å². The Morgan fingerprint density at radius 1 is 0.295 bits per heavy atom. The van der Waals surface area contributed by atoms with Gasteiger partial charge < -0.3 is 33.8 Å². The van der Waals surface area contributed by atoms with Gasteiger partial charge in [-0.15, -0.1) is 0 Å². The molecule has 0 rings (SSSR count). The molecule has 0 aliphatic rings. The van der Waals surface area contributed by atoms with Gasteiger partial charge in [0, 0.05) is 25.7 Å². The van der Waals surface area contributed by atoms with E-state index in [1.54, 1.807) is 0 Å². The average Bonchev–Trinajstić information content (AvgIpc) is 1.43. The van der Waals surface area contributed by atoms with Crippen molar-refractivity contribution in [3.05, 3.63) is 0 Å². The SMILES string of the molecule is CCCCCCCCCCCCCCCCCCCC(=O)O[C@H](COC(=O)CCCCCCCCCCCCC(C)CC)COP(=O)(O)OC[C@@H](O)COP(=O)(O)OC[C@@H](COC(=O)CCCCCCCCCCCCC)OC(=O)CCCCCCCCCCCCCCC. The first-order valence-corrected chi connectivity index (χ1v) is 42.7. The lowest BCUT2D eigenvalue weighted by atomic mass is 9.99. The summed E-state index contributed by atoms with van der Waals surface area (Å²) in [6.45, 7) is 7.33. The minimum absolute atomic E-state index is 0.108. The fraction of sp³-hybridized carbons (Fsp3) is 0.947. The van der Waals surface area contributed by atoms with Crippen molar-refractivity contribution in [2.45, 2.75) is 419 Å². The Kier molecular flexibility index (Phi) is 67.7. The van der Waals surface area contributed by atoms with Crippen LogP contribution in [0.5, 0.6) is 0 Å². The van der Waals surface area contributed by atoms with E-state index in [4.69, 9.17) is 37.0 Å². The summed E-state index contributed by atoms with van der Waals surface area (Å²) in [7, 11) is -9.91. The number of rotatable bonds is 76. The van der Waals surface area contributed by atoms with Crippen LogP contribution in [0.2, 0.25) is 0 Å². The molecule has 0 spiro atoms. The first kappa shape index (κ1) is 93.1. The second-order valence-electron chi connectivity index (χ2n) is 27.6. The zero-order valence-electron chi connectivity index (χ0n) is 61.8. The molecule has 0 fully saturated rings. The van der Waals surface area contributed by atoms with Crippen LogP contribution in [0.4, 0.5) is 0 Å². The largest absolute Gasteiger partial charge is 0.472 e. The molecule has 0 aliphatic carbocycles. The minimum atomic E-state index is -4.96. The Bertz CT molecular complexity index is 1820. The molecule has 0 heterocycles. The molecule has 0 saturated carbocycles. The standard InChI is InChI=1S/C76H148O17P2/c1-6-10-13-16-19-22-25-27-28-29-30-32-35-42-47-52-57-62-76(81)93-72(66-87-74(79)60-55-50-45-40-37-36-38-43-48-53-58-69(5)9-4)68-91-95(84,85)89-64-70(77)63-88-94(82,83)90-67-71(65-86-73(78)59-54-49-44-39-33-24-21-18-15-12-8-3)92-75(80)61-56-51-46-41-34-31-26-23-20-17-14-11-7-2/h69-72,77H,6-68H2,1-5H3,(H,82,83)(H,84,85)/t69?,70-,71+,72+/m0/s1. The second-order valence-corrected chi connectivity index (χ2v) is 30.5. The van der Waals surface area contributed by atoms with Crippen LogP contribution in [0.3, 0.4) is 0 Å². The molecular formula is C76H148O17P2. The molecule has 0 bridgehead atoms. The van der Waals surface area contributed by atoms with Gasteiger partial charge in [0.05, 0.1) is 26.4 Å². The van der Waals surface area contributed by atoms with E-state index in [9.17, 15) is 43.2 Å². The van der Waals surface area contributed by atoms with E-state index in [1.165, 1.54) is 225 Å². The molecule has 0 aromatic carbocycles. The average molecular weight is 1400 g/mol. The van der Waals surface area contributed by atoms with Crippen LogP contribution in [0.15, 0.2) is 0 Å². The van der Waals surface area contributed by atoms with Crippen molar-refractivity contribution in [1.29, 1.82) is 0 Å². The highest BCUT2D eigenvalue weighted by molar-refractivity contribution is 7.47. The summed E-state index contributed by atoms with van der Waals surface area (Å²) in [5.41, 5.74) is 0. The summed E-state index contributed by atoms with van der Waals surface area (Å²) >= 11 is 0. The number of ether oxygens (including phenoxy) is 4. The van der Waals surface area contributed by atoms with Gasteiger partial charge in [-0.3, -0.25) is 37.3 Å². The second kappa shape index (κ2) is 69.2. The van der Waals surface area contributed by atoms with E-state index in [0.29, 0.717) is 25.7 Å². The van der Waals surface area contributed by atoms with Gasteiger partial charge in [-0.05, 0) is 31.6 Å². The third-order valence-corrected chi connectivity index (χ3v) is 20.0. The molecule has 564 valence electrons. The first-order chi connectivity index (χ1) is 46.1. The topological polar surface area (TPSA) is 237 Å². The summed E-state index contributed by atoms with van der Waals surface area (Å²) in [5.74, 6) is -1.30. The van der Waals surface area contributed by atoms with Gasteiger partial charge in [0.1, 0.15) is 19.3 Å². The zero-order valence-corrected chi connectivity index (χ0v) is 63.6. The van der Waals surface area contributed by atoms with Crippen molar-refractivity contribution < 1.29 is 80.2 Å². The lowest BCUT2D eigenvalue weighted by molar-refractivity contribution is -0.161. The van der Waals surface area contributed by atoms with Crippen LogP contribution in [0.1, 0.15) is 401 Å². The molecule has 0 aromatic heterocycles. The molecule has 0 amide bonds. The van der Waals surface area contributed by atoms with Gasteiger partial charge in [0.15, 0.2) is 12.2 Å². The van der Waals surface area contributed by atoms with Crippen molar-refractivity contribution in [3.63, 3.8) is 0 Å². The number of phosphoric acid groups is 2. The Morgan fingerprint density at radius 3 is 0.747 bits per heavy atom. The van der Waals surface area contributed by atoms with Crippen LogP contribution in [0, 0.1) is 5.92 Å². The van der Waals surface area contributed by atoms with E-state index >= 15 is 0 Å². The molecule has 0 radical (unpaired) electrons. The van der Waals surface area contributed by atoms with E-state index in [-0.39, 0.29) is 25.7 Å². The van der Waals surface area contributed by atoms with Gasteiger partial charge >= 0.3 is 39.5 Å². The van der Waals surface area contributed by atoms with Gasteiger partial charge in [-0.1, -0.05) is 349 Å². The van der Waals surface area contributed by atoms with Crippen LogP contribution < -0.4 is 0 Å². The highest BCUT2D eigenvalue weighted by atomic mass is 31.2. The van der Waals surface area contributed by atoms with Crippen molar-refractivity contribution in [2.24, 2.45) is 5.92 Å². The molecular weight excluding hydrogens is 1250 g/mol. The van der Waals surface area contributed by atoms with Crippen molar-refractivity contribution >= 4 is 39.5 Å². The predicted molar refractivity (Wildman–Crippen MR) is 386 cm³/mol. The molecule has 0 saturated heterocycles. The van der Waals surface area contributed by atoms with Gasteiger partial charge in [-0.25, -0.2) is 9.13 Å². The summed E-state index contributed by atoms with van der Waals surface area (Å²) in [5, 5.41) is 10.6. The summed E-state index contributed by atoms with van der Waals surface area (Å²) in [6.07, 6.45) is 58.0. The number of aliphatic hydroxyl groups is 1. The van der Waals surface area contributed by atoms with Gasteiger partial charge in [0.2, 0.25) is 0 Å². The number of hydrogen-bond donors (Lipinski definition) is 3. The fourth-order valence-electron chi connectivity index (χ4n) is 11.7. The van der Waals surface area contributed by atoms with Crippen molar-refractivity contribution in [3.8, 4) is 0 Å². The third-order valence-electron chi connectivity index (χ3n) is 18.1. The number of carbonyl (C=O) groups excluding carboxylic acids is 4. The van der Waals surface area contributed by atoms with Crippen LogP contribution in [-0.2, 0) is 65.4 Å². The number of carbonyl (C=O) groups is 4. The normalized spacial score (nSPS) is 14.2. The Morgan fingerprint density at radius 2 is 0.505 bits per heavy atom. The number of hydrogen-bond acceptors (Lipinski definition) is 15. The number of phosphoric ester groups is 2. The quantitative estimate of drug-likeness (QED) is 0.0222. The molecule has 19 heteroatoms. The van der Waals surface area contributed by atoms with E-state index < -0.39 is 97.5 Å². The van der Waals surface area contributed by atoms with Crippen LogP contribution >= 0.6 is 15.6 Å². The van der Waals surface area contributed by atoms with E-state index in [1.807, 2.05) is 0 Å². The van der Waals surface area contributed by atoms with Crippen LogP contribution in [-0.4, -0.2) is 96.7 Å². The maximum atomic E-state index is 13.1. The van der Waals surface area contributed by atoms with Gasteiger partial charge in [0.25, 0.3) is 0 Å².